The zero-order valence-corrected chi connectivity index (χ0v) is 14.1. The van der Waals surface area contributed by atoms with E-state index < -0.39 is 11.4 Å². The fraction of sp³-hybridized carbons (Fsp3) is 0.353. The molecule has 6 nitrogen and oxygen atoms in total. The van der Waals surface area contributed by atoms with E-state index in [1.807, 2.05) is 0 Å². The number of nitrogens with zero attached hydrogens (tertiary/aromatic N) is 3. The molecule has 0 amide bonds. The van der Waals surface area contributed by atoms with Gasteiger partial charge >= 0.3 is 0 Å². The van der Waals surface area contributed by atoms with E-state index in [2.05, 4.69) is 25.3 Å². The van der Waals surface area contributed by atoms with Gasteiger partial charge in [-0.25, -0.2) is 19.3 Å². The summed E-state index contributed by atoms with van der Waals surface area (Å²) in [6, 6.07) is 1.77. The third kappa shape index (κ3) is 2.94. The van der Waals surface area contributed by atoms with Crippen molar-refractivity contribution in [3.05, 3.63) is 35.5 Å². The zero-order chi connectivity index (χ0) is 17.4. The van der Waals surface area contributed by atoms with Crippen LogP contribution in [0, 0.1) is 5.82 Å². The van der Waals surface area contributed by atoms with Gasteiger partial charge in [-0.2, -0.15) is 0 Å². The van der Waals surface area contributed by atoms with Crippen LogP contribution in [-0.2, 0) is 0 Å². The Hall–Kier alpha value is -2.25. The van der Waals surface area contributed by atoms with Gasteiger partial charge in [0.2, 0.25) is 0 Å². The lowest BCUT2D eigenvalue weighted by atomic mass is 9.99. The van der Waals surface area contributed by atoms with Crippen LogP contribution in [0.25, 0.3) is 22.4 Å². The van der Waals surface area contributed by atoms with Crippen molar-refractivity contribution in [2.45, 2.75) is 31.2 Å². The number of aliphatic hydroxyl groups is 1. The standard InChI is InChI=1S/C17H17ClFN5O/c18-10-5-11-12(7-21-14(11)20-6-10)15-22-8-13(19)16(23-15)24-17(9-25)3-1-2-4-17/h5-8,25H,1-4,9H2,(H,20,21)(H,22,23,24). The molecule has 0 spiro atoms. The molecule has 130 valence electrons. The third-order valence-electron chi connectivity index (χ3n) is 4.73. The Morgan fingerprint density at radius 1 is 1.28 bits per heavy atom. The van der Waals surface area contributed by atoms with Crippen LogP contribution >= 0.6 is 11.6 Å². The smallest absolute Gasteiger partial charge is 0.183 e. The molecule has 0 aliphatic heterocycles. The molecule has 3 aromatic heterocycles. The molecule has 1 aliphatic rings. The second kappa shape index (κ2) is 6.24. The van der Waals surface area contributed by atoms with E-state index in [9.17, 15) is 9.50 Å². The normalized spacial score (nSPS) is 16.4. The molecule has 0 aromatic carbocycles. The predicted molar refractivity (Wildman–Crippen MR) is 94.0 cm³/mol. The lowest BCUT2D eigenvalue weighted by molar-refractivity contribution is 0.213. The second-order valence-electron chi connectivity index (χ2n) is 6.41. The molecule has 1 saturated carbocycles. The molecule has 4 rings (SSSR count). The Morgan fingerprint density at radius 2 is 2.08 bits per heavy atom. The van der Waals surface area contributed by atoms with Gasteiger partial charge in [-0.05, 0) is 18.9 Å². The molecule has 3 N–H and O–H groups in total. The second-order valence-corrected chi connectivity index (χ2v) is 6.85. The summed E-state index contributed by atoms with van der Waals surface area (Å²) in [5.74, 6) is -0.0740. The molecule has 0 bridgehead atoms. The van der Waals surface area contributed by atoms with Crippen LogP contribution in [0.3, 0.4) is 0 Å². The Balaban J connectivity index is 1.75. The van der Waals surface area contributed by atoms with Gasteiger partial charge in [-0.15, -0.1) is 0 Å². The van der Waals surface area contributed by atoms with Crippen LogP contribution in [0.1, 0.15) is 25.7 Å². The molecule has 0 radical (unpaired) electrons. The first-order valence-electron chi connectivity index (χ1n) is 8.15. The van der Waals surface area contributed by atoms with Crippen molar-refractivity contribution in [1.82, 2.24) is 19.9 Å². The number of fused-ring (bicyclic) bond motifs is 1. The number of halogens is 2. The van der Waals surface area contributed by atoms with Crippen molar-refractivity contribution in [2.75, 3.05) is 11.9 Å². The summed E-state index contributed by atoms with van der Waals surface area (Å²) in [4.78, 5) is 15.7. The maximum atomic E-state index is 14.2. The number of hydrogen-bond donors (Lipinski definition) is 3. The maximum absolute atomic E-state index is 14.2. The van der Waals surface area contributed by atoms with Gasteiger partial charge < -0.3 is 15.4 Å². The average Bonchev–Trinajstić information content (AvgIpc) is 3.24. The van der Waals surface area contributed by atoms with E-state index in [1.54, 1.807) is 18.5 Å². The van der Waals surface area contributed by atoms with E-state index in [0.717, 1.165) is 37.3 Å². The maximum Gasteiger partial charge on any atom is 0.183 e. The van der Waals surface area contributed by atoms with Crippen molar-refractivity contribution >= 4 is 28.5 Å². The van der Waals surface area contributed by atoms with Gasteiger partial charge in [-0.1, -0.05) is 24.4 Å². The largest absolute Gasteiger partial charge is 0.394 e. The van der Waals surface area contributed by atoms with Crippen molar-refractivity contribution < 1.29 is 9.50 Å². The van der Waals surface area contributed by atoms with Gasteiger partial charge in [-0.3, -0.25) is 0 Å². The molecule has 0 saturated heterocycles. The summed E-state index contributed by atoms with van der Waals surface area (Å²) < 4.78 is 14.2. The number of aliphatic hydroxyl groups excluding tert-OH is 1. The summed E-state index contributed by atoms with van der Waals surface area (Å²) >= 11 is 6.02. The minimum Gasteiger partial charge on any atom is -0.394 e. The van der Waals surface area contributed by atoms with E-state index in [1.165, 1.54) is 0 Å². The van der Waals surface area contributed by atoms with Crippen LogP contribution in [0.5, 0.6) is 0 Å². The van der Waals surface area contributed by atoms with E-state index in [0.29, 0.717) is 22.1 Å². The van der Waals surface area contributed by atoms with Crippen LogP contribution in [0.4, 0.5) is 10.2 Å². The Bertz CT molecular complexity index is 923. The molecule has 3 heterocycles. The summed E-state index contributed by atoms with van der Waals surface area (Å²) in [6.07, 6.45) is 7.99. The molecular formula is C17H17ClFN5O. The van der Waals surface area contributed by atoms with Crippen LogP contribution in [0.15, 0.2) is 24.7 Å². The highest BCUT2D eigenvalue weighted by molar-refractivity contribution is 6.31. The highest BCUT2D eigenvalue weighted by Crippen LogP contribution is 2.34. The molecule has 3 aromatic rings. The Labute approximate surface area is 148 Å². The SMILES string of the molecule is OCC1(Nc2nc(-c3c[nH]c4ncc(Cl)cc34)ncc2F)CCCC1. The van der Waals surface area contributed by atoms with Gasteiger partial charge in [0.25, 0.3) is 0 Å². The fourth-order valence-electron chi connectivity index (χ4n) is 3.37. The number of anilines is 1. The number of aromatic nitrogens is 4. The summed E-state index contributed by atoms with van der Waals surface area (Å²) in [7, 11) is 0. The predicted octanol–water partition coefficient (Wildman–Crippen LogP) is 3.53. The third-order valence-corrected chi connectivity index (χ3v) is 4.94. The molecule has 8 heteroatoms. The van der Waals surface area contributed by atoms with Gasteiger partial charge in [0.05, 0.1) is 23.4 Å². The first kappa shape index (κ1) is 16.2. The van der Waals surface area contributed by atoms with Gasteiger partial charge in [0.1, 0.15) is 5.65 Å². The van der Waals surface area contributed by atoms with Crippen molar-refractivity contribution in [3.8, 4) is 11.4 Å². The number of rotatable bonds is 4. The molecule has 0 unspecified atom stereocenters. The summed E-state index contributed by atoms with van der Waals surface area (Å²) in [5.41, 5.74) is 0.833. The lowest BCUT2D eigenvalue weighted by Gasteiger charge is -2.28. The first-order valence-corrected chi connectivity index (χ1v) is 8.53. The summed E-state index contributed by atoms with van der Waals surface area (Å²) in [6.45, 7) is -0.0572. The number of nitrogens with one attached hydrogen (secondary N) is 2. The van der Waals surface area contributed by atoms with Crippen molar-refractivity contribution in [2.24, 2.45) is 0 Å². The Morgan fingerprint density at radius 3 is 2.84 bits per heavy atom. The summed E-state index contributed by atoms with van der Waals surface area (Å²) in [5, 5.41) is 14.1. The molecular weight excluding hydrogens is 345 g/mol. The number of hydrogen-bond acceptors (Lipinski definition) is 5. The molecule has 25 heavy (non-hydrogen) atoms. The lowest BCUT2D eigenvalue weighted by Crippen LogP contribution is -2.39. The average molecular weight is 362 g/mol. The number of H-pyrrole nitrogens is 1. The minimum atomic E-state index is -0.542. The quantitative estimate of drug-likeness (QED) is 0.661. The molecule has 1 aliphatic carbocycles. The van der Waals surface area contributed by atoms with E-state index in [-0.39, 0.29) is 12.4 Å². The first-order chi connectivity index (χ1) is 12.1. The van der Waals surface area contributed by atoms with Crippen LogP contribution < -0.4 is 5.32 Å². The van der Waals surface area contributed by atoms with Crippen LogP contribution in [0.2, 0.25) is 5.02 Å². The zero-order valence-electron chi connectivity index (χ0n) is 13.4. The Kier molecular flexibility index (Phi) is 4.05. The van der Waals surface area contributed by atoms with Gasteiger partial charge in [0, 0.05) is 23.3 Å². The van der Waals surface area contributed by atoms with Crippen LogP contribution in [-0.4, -0.2) is 37.2 Å². The highest BCUT2D eigenvalue weighted by Gasteiger charge is 2.34. The molecule has 0 atom stereocenters. The minimum absolute atomic E-state index is 0.0572. The highest BCUT2D eigenvalue weighted by atomic mass is 35.5. The van der Waals surface area contributed by atoms with Crippen molar-refractivity contribution in [3.63, 3.8) is 0 Å². The van der Waals surface area contributed by atoms with Crippen molar-refractivity contribution in [1.29, 1.82) is 0 Å². The topological polar surface area (TPSA) is 86.7 Å². The van der Waals surface area contributed by atoms with E-state index in [4.69, 9.17) is 11.6 Å². The molecule has 1 fully saturated rings. The number of pyridine rings is 1. The monoisotopic (exact) mass is 361 g/mol. The van der Waals surface area contributed by atoms with Gasteiger partial charge in [0.15, 0.2) is 17.5 Å². The fourth-order valence-corrected chi connectivity index (χ4v) is 3.53. The number of aromatic amines is 1. The van der Waals surface area contributed by atoms with E-state index >= 15 is 0 Å².